The molecule has 1 N–H and O–H groups in total. The SMILES string of the molecule is O=CNCc1nc(C2=CCC=C(Cl)C=C2)no1. The van der Waals surface area contributed by atoms with Crippen LogP contribution in [0, 0.1) is 0 Å². The van der Waals surface area contributed by atoms with Crippen molar-refractivity contribution in [1.82, 2.24) is 15.5 Å². The summed E-state index contributed by atoms with van der Waals surface area (Å²) in [4.78, 5) is 14.3. The molecule has 1 heterocycles. The van der Waals surface area contributed by atoms with E-state index in [4.69, 9.17) is 16.1 Å². The number of carbonyl (C=O) groups excluding carboxylic acids is 1. The van der Waals surface area contributed by atoms with Gasteiger partial charge in [-0.2, -0.15) is 4.98 Å². The van der Waals surface area contributed by atoms with Crippen molar-refractivity contribution in [2.45, 2.75) is 13.0 Å². The molecule has 1 amide bonds. The normalized spacial score (nSPS) is 14.9. The van der Waals surface area contributed by atoms with Crippen molar-refractivity contribution in [3.8, 4) is 0 Å². The summed E-state index contributed by atoms with van der Waals surface area (Å²) >= 11 is 5.88. The van der Waals surface area contributed by atoms with Crippen molar-refractivity contribution in [1.29, 1.82) is 0 Å². The highest BCUT2D eigenvalue weighted by molar-refractivity contribution is 6.31. The van der Waals surface area contributed by atoms with E-state index < -0.39 is 0 Å². The lowest BCUT2D eigenvalue weighted by Gasteiger charge is -1.91. The van der Waals surface area contributed by atoms with E-state index in [2.05, 4.69) is 15.5 Å². The van der Waals surface area contributed by atoms with Crippen LogP contribution in [0.5, 0.6) is 0 Å². The van der Waals surface area contributed by atoms with Crippen LogP contribution < -0.4 is 5.32 Å². The maximum absolute atomic E-state index is 10.1. The van der Waals surface area contributed by atoms with Crippen LogP contribution in [0.1, 0.15) is 18.1 Å². The summed E-state index contributed by atoms with van der Waals surface area (Å²) in [7, 11) is 0. The Kier molecular flexibility index (Phi) is 3.72. The summed E-state index contributed by atoms with van der Waals surface area (Å²) in [6.07, 6.45) is 8.75. The van der Waals surface area contributed by atoms with Crippen LogP contribution in [-0.4, -0.2) is 16.6 Å². The van der Waals surface area contributed by atoms with Crippen LogP contribution >= 0.6 is 11.6 Å². The predicted octanol–water partition coefficient (Wildman–Crippen LogP) is 1.78. The van der Waals surface area contributed by atoms with E-state index in [0.717, 1.165) is 12.0 Å². The Morgan fingerprint density at radius 1 is 1.47 bits per heavy atom. The molecule has 0 fully saturated rings. The van der Waals surface area contributed by atoms with Crippen LogP contribution in [0.15, 0.2) is 33.9 Å². The Hall–Kier alpha value is -1.88. The fourth-order valence-corrected chi connectivity index (χ4v) is 1.49. The molecule has 17 heavy (non-hydrogen) atoms. The minimum absolute atomic E-state index is 0.229. The van der Waals surface area contributed by atoms with E-state index in [1.165, 1.54) is 0 Å². The number of rotatable bonds is 4. The molecular weight excluding hydrogens is 242 g/mol. The topological polar surface area (TPSA) is 68.0 Å². The van der Waals surface area contributed by atoms with E-state index >= 15 is 0 Å². The van der Waals surface area contributed by atoms with E-state index in [-0.39, 0.29) is 6.54 Å². The maximum Gasteiger partial charge on any atom is 0.246 e. The van der Waals surface area contributed by atoms with E-state index in [1.54, 1.807) is 6.08 Å². The molecule has 1 aromatic rings. The predicted molar refractivity (Wildman–Crippen MR) is 62.9 cm³/mol. The largest absolute Gasteiger partial charge is 0.350 e. The number of hydrogen-bond donors (Lipinski definition) is 1. The number of nitrogens with zero attached hydrogens (tertiary/aromatic N) is 2. The molecular formula is C11H10ClN3O2. The standard InChI is InChI=1S/C11H10ClN3O2/c12-9-3-1-2-8(4-5-9)11-14-10(17-15-11)6-13-7-16/h2-5,7H,1,6H2,(H,13,16). The number of nitrogens with one attached hydrogen (secondary N) is 1. The first-order valence-electron chi connectivity index (χ1n) is 5.03. The molecule has 0 unspecified atom stereocenters. The first-order valence-corrected chi connectivity index (χ1v) is 5.41. The quantitative estimate of drug-likeness (QED) is 0.829. The fourth-order valence-electron chi connectivity index (χ4n) is 1.34. The van der Waals surface area contributed by atoms with E-state index in [1.807, 2.05) is 18.2 Å². The number of hydrogen-bond acceptors (Lipinski definition) is 4. The number of aromatic nitrogens is 2. The lowest BCUT2D eigenvalue weighted by molar-refractivity contribution is -0.109. The third-order valence-electron chi connectivity index (χ3n) is 2.14. The molecule has 0 saturated carbocycles. The molecule has 0 aromatic carbocycles. The van der Waals surface area contributed by atoms with Crippen LogP contribution in [0.4, 0.5) is 0 Å². The third-order valence-corrected chi connectivity index (χ3v) is 2.42. The molecule has 0 bridgehead atoms. The van der Waals surface area contributed by atoms with Crippen LogP contribution in [0.3, 0.4) is 0 Å². The Balaban J connectivity index is 2.12. The lowest BCUT2D eigenvalue weighted by Crippen LogP contribution is -2.09. The van der Waals surface area contributed by atoms with Gasteiger partial charge in [0.2, 0.25) is 18.1 Å². The van der Waals surface area contributed by atoms with Crippen molar-refractivity contribution in [3.63, 3.8) is 0 Å². The molecule has 1 aromatic heterocycles. The van der Waals surface area contributed by atoms with Crippen LogP contribution in [0.25, 0.3) is 5.57 Å². The monoisotopic (exact) mass is 251 g/mol. The first-order chi connectivity index (χ1) is 8.29. The van der Waals surface area contributed by atoms with Gasteiger partial charge >= 0.3 is 0 Å². The molecule has 0 aliphatic heterocycles. The molecule has 88 valence electrons. The number of allylic oxidation sites excluding steroid dienone is 6. The van der Waals surface area contributed by atoms with E-state index in [9.17, 15) is 4.79 Å². The van der Waals surface area contributed by atoms with Crippen molar-refractivity contribution in [2.75, 3.05) is 0 Å². The van der Waals surface area contributed by atoms with Crippen molar-refractivity contribution in [3.05, 3.63) is 41.1 Å². The highest BCUT2D eigenvalue weighted by Crippen LogP contribution is 2.19. The van der Waals surface area contributed by atoms with Gasteiger partial charge in [-0.05, 0) is 18.6 Å². The van der Waals surface area contributed by atoms with Crippen molar-refractivity contribution >= 4 is 23.6 Å². The Morgan fingerprint density at radius 3 is 3.18 bits per heavy atom. The minimum atomic E-state index is 0.229. The molecule has 5 nitrogen and oxygen atoms in total. The second kappa shape index (κ2) is 5.45. The smallest absolute Gasteiger partial charge is 0.246 e. The molecule has 0 spiro atoms. The second-order valence-corrected chi connectivity index (χ2v) is 3.76. The van der Waals surface area contributed by atoms with Crippen molar-refractivity contribution < 1.29 is 9.32 Å². The van der Waals surface area contributed by atoms with Gasteiger partial charge in [-0.15, -0.1) is 0 Å². The zero-order valence-electron chi connectivity index (χ0n) is 8.89. The van der Waals surface area contributed by atoms with Gasteiger partial charge in [-0.3, -0.25) is 4.79 Å². The molecule has 0 saturated heterocycles. The summed E-state index contributed by atoms with van der Waals surface area (Å²) in [6, 6.07) is 0. The minimum Gasteiger partial charge on any atom is -0.350 e. The fraction of sp³-hybridized carbons (Fsp3) is 0.182. The third kappa shape index (κ3) is 3.04. The average molecular weight is 252 g/mol. The van der Waals surface area contributed by atoms with E-state index in [0.29, 0.717) is 23.2 Å². The summed E-state index contributed by atoms with van der Waals surface area (Å²) in [5.41, 5.74) is 0.845. The zero-order valence-corrected chi connectivity index (χ0v) is 9.65. The summed E-state index contributed by atoms with van der Waals surface area (Å²) in [5.74, 6) is 0.855. The van der Waals surface area contributed by atoms with Gasteiger partial charge in [0.1, 0.15) is 0 Å². The summed E-state index contributed by atoms with van der Waals surface area (Å²) in [6.45, 7) is 0.229. The molecule has 2 rings (SSSR count). The first kappa shape index (κ1) is 11.6. The molecule has 0 atom stereocenters. The Bertz CT molecular complexity index is 503. The molecule has 0 radical (unpaired) electrons. The Labute approximate surface area is 103 Å². The van der Waals surface area contributed by atoms with Gasteiger partial charge in [0.05, 0.1) is 6.54 Å². The highest BCUT2D eigenvalue weighted by atomic mass is 35.5. The number of halogens is 1. The number of amides is 1. The highest BCUT2D eigenvalue weighted by Gasteiger charge is 2.09. The number of carbonyl (C=O) groups is 1. The van der Waals surface area contributed by atoms with Gasteiger partial charge in [0.25, 0.3) is 0 Å². The lowest BCUT2D eigenvalue weighted by atomic mass is 10.2. The van der Waals surface area contributed by atoms with Gasteiger partial charge in [0.15, 0.2) is 0 Å². The van der Waals surface area contributed by atoms with Crippen molar-refractivity contribution in [2.24, 2.45) is 0 Å². The van der Waals surface area contributed by atoms with Gasteiger partial charge in [-0.25, -0.2) is 0 Å². The molecule has 1 aliphatic rings. The van der Waals surface area contributed by atoms with Crippen LogP contribution in [-0.2, 0) is 11.3 Å². The van der Waals surface area contributed by atoms with Crippen LogP contribution in [0.2, 0.25) is 0 Å². The molecule has 6 heteroatoms. The van der Waals surface area contributed by atoms with Gasteiger partial charge in [0, 0.05) is 10.6 Å². The van der Waals surface area contributed by atoms with Gasteiger partial charge < -0.3 is 9.84 Å². The Morgan fingerprint density at radius 2 is 2.35 bits per heavy atom. The maximum atomic E-state index is 10.1. The summed E-state index contributed by atoms with van der Waals surface area (Å²) in [5, 5.41) is 6.97. The summed E-state index contributed by atoms with van der Waals surface area (Å²) < 4.78 is 4.98. The second-order valence-electron chi connectivity index (χ2n) is 3.33. The van der Waals surface area contributed by atoms with Gasteiger partial charge in [-0.1, -0.05) is 28.9 Å². The molecule has 1 aliphatic carbocycles. The zero-order chi connectivity index (χ0) is 12.1. The average Bonchev–Trinajstić information content (AvgIpc) is 2.69.